The highest BCUT2D eigenvalue weighted by atomic mass is 16.5. The Morgan fingerprint density at radius 1 is 0.444 bits per heavy atom. The zero-order chi connectivity index (χ0) is 40.1. The van der Waals surface area contributed by atoms with Crippen molar-refractivity contribution in [1.82, 2.24) is 0 Å². The maximum absolute atomic E-state index is 5.61. The van der Waals surface area contributed by atoms with Crippen LogP contribution in [0.2, 0.25) is 0 Å². The molecule has 5 aliphatic carbocycles. The van der Waals surface area contributed by atoms with Crippen LogP contribution in [0.1, 0.15) is 199 Å². The predicted molar refractivity (Wildman–Crippen MR) is 228 cm³/mol. The lowest BCUT2D eigenvalue weighted by Crippen LogP contribution is -2.24. The summed E-state index contributed by atoms with van der Waals surface area (Å²) in [6.45, 7) is 29.9. The van der Waals surface area contributed by atoms with Gasteiger partial charge in [-0.25, -0.2) is 0 Å². The molecule has 5 saturated carbocycles. The fourth-order valence-electron chi connectivity index (χ4n) is 6.42. The largest absolute Gasteiger partial charge is 0.381 e. The van der Waals surface area contributed by atoms with Crippen molar-refractivity contribution in [2.45, 2.75) is 254 Å². The fourth-order valence-corrected chi connectivity index (χ4v) is 6.42. The first-order valence-corrected chi connectivity index (χ1v) is 23.1. The number of rotatable bonds is 17. The lowest BCUT2D eigenvalue weighted by atomic mass is 9.96. The van der Waals surface area contributed by atoms with Crippen molar-refractivity contribution in [1.29, 1.82) is 0 Å². The van der Waals surface area contributed by atoms with Gasteiger partial charge in [0.05, 0.1) is 61.5 Å². The van der Waals surface area contributed by atoms with Crippen molar-refractivity contribution < 1.29 is 33.2 Å². The minimum absolute atomic E-state index is 0.337. The summed E-state index contributed by atoms with van der Waals surface area (Å²) in [6.07, 6.45) is 28.2. The molecular weight excluding hydrogens is 677 g/mol. The SMILES string of the molecule is CC(C)COCC1CC1.CC(C)OC1CCC1.CC(C)OC1CCCC1.CC(C)OC1CCCC1.CC(C)OCC1CCCO1.CC(C)OCCC1CC1. The molecule has 1 heterocycles. The molecule has 6 fully saturated rings. The van der Waals surface area contributed by atoms with Gasteiger partial charge in [-0.3, -0.25) is 0 Å². The Kier molecular flexibility index (Phi) is 31.3. The normalized spacial score (nSPS) is 21.6. The van der Waals surface area contributed by atoms with E-state index in [0.29, 0.717) is 60.9 Å². The van der Waals surface area contributed by atoms with Crippen LogP contribution < -0.4 is 0 Å². The second-order valence-corrected chi connectivity index (χ2v) is 18.5. The van der Waals surface area contributed by atoms with E-state index in [1.807, 2.05) is 0 Å². The molecule has 1 unspecified atom stereocenters. The third kappa shape index (κ3) is 34.9. The van der Waals surface area contributed by atoms with Gasteiger partial charge >= 0.3 is 0 Å². The van der Waals surface area contributed by atoms with Gasteiger partial charge in [-0.1, -0.05) is 52.4 Å². The molecule has 1 aliphatic heterocycles. The van der Waals surface area contributed by atoms with Crippen LogP contribution in [0.15, 0.2) is 0 Å². The van der Waals surface area contributed by atoms with E-state index in [1.54, 1.807) is 0 Å². The van der Waals surface area contributed by atoms with E-state index in [0.717, 1.165) is 44.9 Å². The van der Waals surface area contributed by atoms with Crippen molar-refractivity contribution in [3.8, 4) is 0 Å². The minimum atomic E-state index is 0.337. The van der Waals surface area contributed by atoms with Crippen molar-refractivity contribution in [2.75, 3.05) is 33.0 Å². The number of hydrogen-bond donors (Lipinski definition) is 0. The molecule has 54 heavy (non-hydrogen) atoms. The first kappa shape index (κ1) is 51.7. The van der Waals surface area contributed by atoms with Crippen LogP contribution in [0, 0.1) is 17.8 Å². The van der Waals surface area contributed by atoms with Gasteiger partial charge in [-0.2, -0.15) is 0 Å². The Balaban J connectivity index is 0.000000324. The van der Waals surface area contributed by atoms with E-state index >= 15 is 0 Å². The van der Waals surface area contributed by atoms with E-state index in [4.69, 9.17) is 33.2 Å². The van der Waals surface area contributed by atoms with E-state index in [2.05, 4.69) is 83.1 Å². The molecule has 7 nitrogen and oxygen atoms in total. The average molecular weight is 771 g/mol. The maximum atomic E-state index is 5.61. The fraction of sp³-hybridized carbons (Fsp3) is 1.00. The summed E-state index contributed by atoms with van der Waals surface area (Å²) in [6, 6.07) is 0. The second-order valence-electron chi connectivity index (χ2n) is 18.5. The quantitative estimate of drug-likeness (QED) is 0.146. The highest BCUT2D eigenvalue weighted by Crippen LogP contribution is 2.32. The molecule has 0 bridgehead atoms. The highest BCUT2D eigenvalue weighted by Gasteiger charge is 2.22. The molecule has 7 heteroatoms. The zero-order valence-electron chi connectivity index (χ0n) is 38.0. The van der Waals surface area contributed by atoms with Crippen LogP contribution in [0.5, 0.6) is 0 Å². The second kappa shape index (κ2) is 32.7. The summed E-state index contributed by atoms with van der Waals surface area (Å²) in [5, 5.41) is 0. The Hall–Kier alpha value is -0.280. The third-order valence-electron chi connectivity index (χ3n) is 9.87. The van der Waals surface area contributed by atoms with Gasteiger partial charge < -0.3 is 33.2 Å². The summed E-state index contributed by atoms with van der Waals surface area (Å²) in [7, 11) is 0. The van der Waals surface area contributed by atoms with Gasteiger partial charge in [-0.15, -0.1) is 0 Å². The molecular formula is C47H94O7. The van der Waals surface area contributed by atoms with Crippen LogP contribution in [0.4, 0.5) is 0 Å². The van der Waals surface area contributed by atoms with E-state index in [-0.39, 0.29) is 0 Å². The van der Waals surface area contributed by atoms with Gasteiger partial charge in [0.2, 0.25) is 0 Å². The molecule has 0 aromatic heterocycles. The van der Waals surface area contributed by atoms with Gasteiger partial charge in [0.1, 0.15) is 0 Å². The van der Waals surface area contributed by atoms with Crippen LogP contribution in [0.3, 0.4) is 0 Å². The van der Waals surface area contributed by atoms with Crippen molar-refractivity contribution in [3.63, 3.8) is 0 Å². The average Bonchev–Trinajstić information content (AvgIpc) is 3.85. The molecule has 0 N–H and O–H groups in total. The lowest BCUT2D eigenvalue weighted by molar-refractivity contribution is -0.0347. The Morgan fingerprint density at radius 3 is 1.20 bits per heavy atom. The van der Waals surface area contributed by atoms with E-state index in [1.165, 1.54) is 116 Å². The van der Waals surface area contributed by atoms with Gasteiger partial charge in [0.15, 0.2) is 0 Å². The van der Waals surface area contributed by atoms with Gasteiger partial charge in [-0.05, 0) is 164 Å². The van der Waals surface area contributed by atoms with Crippen LogP contribution in [-0.4, -0.2) is 88.0 Å². The minimum Gasteiger partial charge on any atom is -0.381 e. The molecule has 1 saturated heterocycles. The first-order valence-electron chi connectivity index (χ1n) is 23.1. The van der Waals surface area contributed by atoms with E-state index < -0.39 is 0 Å². The Labute approximate surface area is 336 Å². The molecule has 6 aliphatic rings. The van der Waals surface area contributed by atoms with Crippen LogP contribution in [0.25, 0.3) is 0 Å². The molecule has 6 rings (SSSR count). The van der Waals surface area contributed by atoms with Gasteiger partial charge in [0, 0.05) is 26.4 Å². The molecule has 0 aromatic rings. The van der Waals surface area contributed by atoms with E-state index in [9.17, 15) is 0 Å². The summed E-state index contributed by atoms with van der Waals surface area (Å²) in [5.41, 5.74) is 0. The Bertz CT molecular complexity index is 738. The summed E-state index contributed by atoms with van der Waals surface area (Å²) < 4.78 is 38.3. The summed E-state index contributed by atoms with van der Waals surface area (Å²) >= 11 is 0. The summed E-state index contributed by atoms with van der Waals surface area (Å²) in [5.74, 6) is 2.64. The topological polar surface area (TPSA) is 64.6 Å². The smallest absolute Gasteiger partial charge is 0.0809 e. The van der Waals surface area contributed by atoms with Gasteiger partial charge in [0.25, 0.3) is 0 Å². The van der Waals surface area contributed by atoms with Crippen LogP contribution in [-0.2, 0) is 33.2 Å². The van der Waals surface area contributed by atoms with Crippen molar-refractivity contribution in [3.05, 3.63) is 0 Å². The van der Waals surface area contributed by atoms with Crippen LogP contribution >= 0.6 is 0 Å². The molecule has 0 amide bonds. The molecule has 324 valence electrons. The monoisotopic (exact) mass is 771 g/mol. The summed E-state index contributed by atoms with van der Waals surface area (Å²) in [4.78, 5) is 0. The van der Waals surface area contributed by atoms with Crippen molar-refractivity contribution >= 4 is 0 Å². The molecule has 0 spiro atoms. The Morgan fingerprint density at radius 2 is 0.889 bits per heavy atom. The first-order chi connectivity index (χ1) is 25.7. The number of ether oxygens (including phenoxy) is 7. The molecule has 0 radical (unpaired) electrons. The predicted octanol–water partition coefficient (Wildman–Crippen LogP) is 12.5. The van der Waals surface area contributed by atoms with Crippen molar-refractivity contribution in [2.24, 2.45) is 17.8 Å². The molecule has 0 aromatic carbocycles. The lowest BCUT2D eigenvalue weighted by Gasteiger charge is -2.27. The zero-order valence-corrected chi connectivity index (χ0v) is 38.0. The molecule has 1 atom stereocenters. The number of hydrogen-bond acceptors (Lipinski definition) is 7. The maximum Gasteiger partial charge on any atom is 0.0809 e. The third-order valence-corrected chi connectivity index (χ3v) is 9.87. The highest BCUT2D eigenvalue weighted by molar-refractivity contribution is 4.73. The standard InChI is InChI=1S/C8H16O2.4C8H16O.C7H14O/c1-7(2)10-6-8-4-3-5-9-8;1-7(2)5-9-6-8-3-4-8;1-7(2)9-6-5-8-3-4-8;2*1-7(2)9-8-5-3-4-6-8;1-6(2)8-7-4-3-5-7/h7-8H,3-6H2,1-2H3;4*7-8H,3-6H2,1-2H3;6-7H,3-5H2,1-2H3.